The molecule has 3 aromatic carbocycles. The molecule has 1 aliphatic carbocycles. The molecule has 0 aromatic heterocycles. The molecule has 0 spiro atoms. The summed E-state index contributed by atoms with van der Waals surface area (Å²) in [7, 11) is 0. The monoisotopic (exact) mass is 479 g/mol. The van der Waals surface area contributed by atoms with Gasteiger partial charge in [0.2, 0.25) is 0 Å². The van der Waals surface area contributed by atoms with E-state index in [1.165, 1.54) is 17.7 Å². The second kappa shape index (κ2) is 9.94. The first-order valence-corrected chi connectivity index (χ1v) is 12.5. The van der Waals surface area contributed by atoms with Crippen LogP contribution in [0.4, 0.5) is 24.5 Å². The van der Waals surface area contributed by atoms with Crippen LogP contribution in [0.15, 0.2) is 78.9 Å². The molecule has 0 bridgehead atoms. The molecule has 1 heterocycles. The van der Waals surface area contributed by atoms with Crippen molar-refractivity contribution in [3.8, 4) is 0 Å². The number of benzene rings is 3. The molecule has 3 aromatic rings. The van der Waals surface area contributed by atoms with E-state index >= 15 is 0 Å². The number of para-hydroxylation sites is 1. The number of anilines is 2. The smallest absolute Gasteiger partial charge is 0.378 e. The van der Waals surface area contributed by atoms with Gasteiger partial charge in [-0.2, -0.15) is 13.2 Å². The maximum absolute atomic E-state index is 13.6. The maximum Gasteiger partial charge on any atom is 0.416 e. The van der Waals surface area contributed by atoms with Crippen molar-refractivity contribution in [1.29, 1.82) is 0 Å². The number of nitrogens with zero attached hydrogens (tertiary/aromatic N) is 1. The van der Waals surface area contributed by atoms with Crippen molar-refractivity contribution >= 4 is 11.4 Å². The number of nitrogens with two attached hydrogens (primary N) is 1. The maximum atomic E-state index is 13.6. The van der Waals surface area contributed by atoms with Crippen molar-refractivity contribution in [2.45, 2.75) is 37.4 Å². The van der Waals surface area contributed by atoms with E-state index in [1.807, 2.05) is 36.4 Å². The van der Waals surface area contributed by atoms with Crippen molar-refractivity contribution in [1.82, 2.24) is 0 Å². The van der Waals surface area contributed by atoms with Crippen molar-refractivity contribution in [3.05, 3.63) is 95.6 Å². The third-order valence-electron chi connectivity index (χ3n) is 7.69. The van der Waals surface area contributed by atoms with E-state index in [4.69, 9.17) is 5.73 Å². The molecule has 0 radical (unpaired) electrons. The number of hydrogen-bond acceptors (Lipinski definition) is 3. The van der Waals surface area contributed by atoms with Crippen LogP contribution in [0.25, 0.3) is 0 Å². The molecule has 1 saturated carbocycles. The zero-order chi connectivity index (χ0) is 24.4. The van der Waals surface area contributed by atoms with Gasteiger partial charge in [-0.1, -0.05) is 48.5 Å². The van der Waals surface area contributed by atoms with Gasteiger partial charge in [0.15, 0.2) is 0 Å². The van der Waals surface area contributed by atoms with Crippen LogP contribution < -0.4 is 16.0 Å². The van der Waals surface area contributed by atoms with Gasteiger partial charge in [0.25, 0.3) is 0 Å². The quantitative estimate of drug-likeness (QED) is 0.407. The summed E-state index contributed by atoms with van der Waals surface area (Å²) in [5, 5.41) is 3.60. The molecule has 184 valence electrons. The van der Waals surface area contributed by atoms with Crippen molar-refractivity contribution in [3.63, 3.8) is 0 Å². The zero-order valence-corrected chi connectivity index (χ0v) is 19.7. The van der Waals surface area contributed by atoms with Crippen LogP contribution in [0.5, 0.6) is 0 Å². The Bertz CT molecular complexity index is 1120. The van der Waals surface area contributed by atoms with Crippen LogP contribution in [-0.2, 0) is 6.18 Å². The Labute approximate surface area is 205 Å². The Morgan fingerprint density at radius 3 is 2.31 bits per heavy atom. The molecular weight excluding hydrogens is 447 g/mol. The van der Waals surface area contributed by atoms with Gasteiger partial charge in [0, 0.05) is 31.0 Å². The largest absolute Gasteiger partial charge is 0.416 e. The standard InChI is InChI=1S/C29H32F3N3/c30-29(31,32)22-12-14-27-26(18-22)25-17-20(19-35(16-15-33)23-9-5-2-6-10-23)11-13-24(25)28(34-27)21-7-3-1-4-8-21/h1-10,12,14,18,20,24-25,28,34H,11,13,15-17,19,33H2/t20?,24?,25?,28-/m0/s1. The molecule has 3 unspecified atom stereocenters. The molecule has 0 saturated heterocycles. The summed E-state index contributed by atoms with van der Waals surface area (Å²) < 4.78 is 40.8. The first-order valence-electron chi connectivity index (χ1n) is 12.5. The molecule has 1 fully saturated rings. The molecule has 0 amide bonds. The van der Waals surface area contributed by atoms with Gasteiger partial charge < -0.3 is 16.0 Å². The predicted molar refractivity (Wildman–Crippen MR) is 136 cm³/mol. The van der Waals surface area contributed by atoms with Gasteiger partial charge in [-0.05, 0) is 78.5 Å². The first kappa shape index (κ1) is 23.7. The highest BCUT2D eigenvalue weighted by Crippen LogP contribution is 2.53. The van der Waals surface area contributed by atoms with E-state index in [0.29, 0.717) is 12.5 Å². The van der Waals surface area contributed by atoms with E-state index in [0.717, 1.165) is 49.3 Å². The van der Waals surface area contributed by atoms with Gasteiger partial charge in [-0.3, -0.25) is 0 Å². The van der Waals surface area contributed by atoms with Crippen LogP contribution in [0.3, 0.4) is 0 Å². The molecule has 3 N–H and O–H groups in total. The number of hydrogen-bond donors (Lipinski definition) is 2. The highest BCUT2D eigenvalue weighted by molar-refractivity contribution is 5.59. The topological polar surface area (TPSA) is 41.3 Å². The number of alkyl halides is 3. The minimum atomic E-state index is -4.35. The Kier molecular flexibility index (Phi) is 6.74. The lowest BCUT2D eigenvalue weighted by molar-refractivity contribution is -0.137. The lowest BCUT2D eigenvalue weighted by Gasteiger charge is -2.47. The fraction of sp³-hybridized carbons (Fsp3) is 0.379. The van der Waals surface area contributed by atoms with Gasteiger partial charge in [-0.15, -0.1) is 0 Å². The third-order valence-corrected chi connectivity index (χ3v) is 7.69. The summed E-state index contributed by atoms with van der Waals surface area (Å²) in [6, 6.07) is 24.9. The molecule has 5 rings (SSSR count). The highest BCUT2D eigenvalue weighted by atomic mass is 19.4. The van der Waals surface area contributed by atoms with E-state index in [-0.39, 0.29) is 17.9 Å². The van der Waals surface area contributed by atoms with Crippen LogP contribution in [-0.4, -0.2) is 19.6 Å². The minimum Gasteiger partial charge on any atom is -0.378 e. The Balaban J connectivity index is 1.46. The summed E-state index contributed by atoms with van der Waals surface area (Å²) in [4.78, 5) is 2.33. The van der Waals surface area contributed by atoms with Gasteiger partial charge in [-0.25, -0.2) is 0 Å². The fourth-order valence-electron chi connectivity index (χ4n) is 6.08. The molecule has 35 heavy (non-hydrogen) atoms. The molecule has 2 aliphatic rings. The molecular formula is C29H32F3N3. The van der Waals surface area contributed by atoms with Crippen LogP contribution >= 0.6 is 0 Å². The van der Waals surface area contributed by atoms with E-state index in [9.17, 15) is 13.2 Å². The molecule has 1 aliphatic heterocycles. The summed E-state index contributed by atoms with van der Waals surface area (Å²) in [5.41, 5.74) is 9.34. The highest BCUT2D eigenvalue weighted by Gasteiger charge is 2.43. The van der Waals surface area contributed by atoms with Crippen molar-refractivity contribution < 1.29 is 13.2 Å². The summed E-state index contributed by atoms with van der Waals surface area (Å²) in [6.45, 7) is 2.19. The summed E-state index contributed by atoms with van der Waals surface area (Å²) in [5.74, 6) is 0.720. The van der Waals surface area contributed by atoms with Crippen LogP contribution in [0.2, 0.25) is 0 Å². The average molecular weight is 480 g/mol. The van der Waals surface area contributed by atoms with Crippen LogP contribution in [0.1, 0.15) is 47.9 Å². The number of fused-ring (bicyclic) bond motifs is 3. The second-order valence-corrected chi connectivity index (χ2v) is 9.85. The molecule has 4 atom stereocenters. The van der Waals surface area contributed by atoms with Gasteiger partial charge in [0.1, 0.15) is 0 Å². The summed E-state index contributed by atoms with van der Waals surface area (Å²) >= 11 is 0. The number of nitrogens with one attached hydrogen (secondary N) is 1. The minimum absolute atomic E-state index is 0.0769. The second-order valence-electron chi connectivity index (χ2n) is 9.85. The normalized spacial score (nSPS) is 23.7. The van der Waals surface area contributed by atoms with Gasteiger partial charge >= 0.3 is 6.18 Å². The summed E-state index contributed by atoms with van der Waals surface area (Å²) in [6.07, 6.45) is -1.45. The molecule has 6 heteroatoms. The Morgan fingerprint density at radius 1 is 0.914 bits per heavy atom. The Hall–Kier alpha value is -2.99. The van der Waals surface area contributed by atoms with Crippen molar-refractivity contribution in [2.24, 2.45) is 17.6 Å². The lowest BCUT2D eigenvalue weighted by Crippen LogP contribution is -2.40. The lowest BCUT2D eigenvalue weighted by atomic mass is 9.65. The number of halogens is 3. The number of rotatable bonds is 6. The third kappa shape index (κ3) is 5.03. The average Bonchev–Trinajstić information content (AvgIpc) is 2.88. The fourth-order valence-corrected chi connectivity index (χ4v) is 6.08. The van der Waals surface area contributed by atoms with Crippen LogP contribution in [0, 0.1) is 11.8 Å². The Morgan fingerprint density at radius 2 is 1.63 bits per heavy atom. The van der Waals surface area contributed by atoms with Gasteiger partial charge in [0.05, 0.1) is 11.6 Å². The van der Waals surface area contributed by atoms with E-state index in [2.05, 4.69) is 34.5 Å². The van der Waals surface area contributed by atoms with E-state index < -0.39 is 11.7 Å². The first-order chi connectivity index (χ1) is 16.9. The molecule has 3 nitrogen and oxygen atoms in total. The van der Waals surface area contributed by atoms with Crippen molar-refractivity contribution in [2.75, 3.05) is 29.9 Å². The predicted octanol–water partition coefficient (Wildman–Crippen LogP) is 6.84. The zero-order valence-electron chi connectivity index (χ0n) is 19.7. The van der Waals surface area contributed by atoms with E-state index in [1.54, 1.807) is 6.07 Å². The SMILES string of the molecule is NCCN(CC1CCC2C(C1)c1cc(C(F)(F)F)ccc1N[C@H]2c1ccccc1)c1ccccc1.